The van der Waals surface area contributed by atoms with E-state index in [9.17, 15) is 12.9 Å². The van der Waals surface area contributed by atoms with Crippen LogP contribution in [-0.2, 0) is 6.61 Å². The Morgan fingerprint density at radius 2 is 1.62 bits per heavy atom. The molecule has 0 amide bonds. The quantitative estimate of drug-likeness (QED) is 0.763. The maximum absolute atomic E-state index is 13.0. The molecule has 1 nitrogen and oxygen atoms in total. The molecule has 0 bridgehead atoms. The van der Waals surface area contributed by atoms with E-state index in [0.29, 0.717) is 5.56 Å². The smallest absolute Gasteiger partial charge is 0.492 e. The Balaban J connectivity index is 0.00000220. The molecule has 2 aromatic carbocycles. The predicted molar refractivity (Wildman–Crippen MR) is 75.4 cm³/mol. The first-order valence-electron chi connectivity index (χ1n) is 6.35. The van der Waals surface area contributed by atoms with Crippen molar-refractivity contribution >= 4 is 12.4 Å². The number of aryl methyl sites for hydroxylation is 2. The van der Waals surface area contributed by atoms with Gasteiger partial charge in [0, 0.05) is 0 Å². The van der Waals surface area contributed by atoms with E-state index in [1.54, 1.807) is 13.0 Å². The molecule has 6 heteroatoms. The van der Waals surface area contributed by atoms with Gasteiger partial charge < -0.3 is 17.7 Å². The molecule has 0 aliphatic rings. The molecule has 2 rings (SSSR count). The molecule has 0 aliphatic carbocycles. The van der Waals surface area contributed by atoms with Crippen LogP contribution in [0.5, 0.6) is 5.75 Å². The summed E-state index contributed by atoms with van der Waals surface area (Å²) in [5.41, 5.74) is 1.81. The number of rotatable bonds is 4. The van der Waals surface area contributed by atoms with E-state index in [1.807, 2.05) is 31.2 Å². The molecule has 0 radical (unpaired) electrons. The van der Waals surface area contributed by atoms with Gasteiger partial charge in [-0.2, -0.15) is 0 Å². The van der Waals surface area contributed by atoms with E-state index < -0.39 is 12.4 Å². The van der Waals surface area contributed by atoms with E-state index in [-0.39, 0.29) is 63.7 Å². The van der Waals surface area contributed by atoms with Gasteiger partial charge in [0.1, 0.15) is 6.61 Å². The Labute approximate surface area is 165 Å². The molecule has 2 aromatic rings. The van der Waals surface area contributed by atoms with Crippen LogP contribution in [0.4, 0.5) is 12.9 Å². The summed E-state index contributed by atoms with van der Waals surface area (Å²) in [7, 11) is 0. The maximum atomic E-state index is 13.0. The zero-order valence-corrected chi connectivity index (χ0v) is 15.5. The molecule has 0 aliphatic heterocycles. The van der Waals surface area contributed by atoms with Gasteiger partial charge in [0.05, 0.1) is 5.75 Å². The summed E-state index contributed by atoms with van der Waals surface area (Å²) in [6.07, 6.45) is 0. The van der Waals surface area contributed by atoms with Gasteiger partial charge in [0.15, 0.2) is 0 Å². The normalized spacial score (nSPS) is 10.9. The first-order chi connectivity index (χ1) is 9.36. The number of ether oxygens (including phenoxy) is 1. The van der Waals surface area contributed by atoms with Crippen LogP contribution in [0.1, 0.15) is 16.7 Å². The third-order valence-electron chi connectivity index (χ3n) is 2.99. The second-order valence-electron chi connectivity index (χ2n) is 4.89. The molecule has 0 heterocycles. The molecular formula is C15H15BF3KO. The van der Waals surface area contributed by atoms with Crippen LogP contribution in [0.15, 0.2) is 42.5 Å². The van der Waals surface area contributed by atoms with Crippen molar-refractivity contribution in [3.05, 3.63) is 59.2 Å². The first-order valence-corrected chi connectivity index (χ1v) is 6.35. The van der Waals surface area contributed by atoms with Crippen LogP contribution < -0.4 is 61.6 Å². The van der Waals surface area contributed by atoms with Crippen molar-refractivity contribution < 1.29 is 69.1 Å². The molecule has 0 N–H and O–H groups in total. The minimum Gasteiger partial charge on any atom is -0.492 e. The van der Waals surface area contributed by atoms with Gasteiger partial charge in [0.2, 0.25) is 0 Å². The SMILES string of the molecule is Cc1cccc(COc2ccc(C)cc2[B-](F)(F)F)c1.[K+]. The molecule has 0 aromatic heterocycles. The van der Waals surface area contributed by atoms with Crippen LogP contribution in [0.3, 0.4) is 0 Å². The Bertz CT molecular complexity index is 614. The summed E-state index contributed by atoms with van der Waals surface area (Å²) in [6, 6.07) is 11.7. The first kappa shape index (κ1) is 18.8. The van der Waals surface area contributed by atoms with Gasteiger partial charge in [-0.3, -0.25) is 0 Å². The van der Waals surface area contributed by atoms with Gasteiger partial charge in [-0.25, -0.2) is 0 Å². The molecular weight excluding hydrogens is 303 g/mol. The standard InChI is InChI=1S/C15H15BF3O.K/c1-11-4-3-5-13(8-11)10-20-15-7-6-12(2)9-14(15)16(17,18)19;/h3-9H,10H2,1-2H3;/q-1;+1. The molecule has 106 valence electrons. The summed E-state index contributed by atoms with van der Waals surface area (Å²) in [5.74, 6) is -0.107. The van der Waals surface area contributed by atoms with Gasteiger partial charge in [-0.05, 0) is 25.5 Å². The van der Waals surface area contributed by atoms with Gasteiger partial charge in [0.25, 0.3) is 0 Å². The average molecular weight is 318 g/mol. The van der Waals surface area contributed by atoms with Crippen molar-refractivity contribution in [2.75, 3.05) is 0 Å². The summed E-state index contributed by atoms with van der Waals surface area (Å²) >= 11 is 0. The molecule has 0 saturated carbocycles. The van der Waals surface area contributed by atoms with Crippen molar-refractivity contribution in [3.63, 3.8) is 0 Å². The Morgan fingerprint density at radius 3 is 2.24 bits per heavy atom. The van der Waals surface area contributed by atoms with Crippen molar-refractivity contribution in [3.8, 4) is 5.75 Å². The molecule has 0 fully saturated rings. The van der Waals surface area contributed by atoms with Crippen LogP contribution in [-0.4, -0.2) is 6.98 Å². The van der Waals surface area contributed by atoms with Crippen molar-refractivity contribution in [2.24, 2.45) is 0 Å². The molecule has 21 heavy (non-hydrogen) atoms. The summed E-state index contributed by atoms with van der Waals surface area (Å²) < 4.78 is 44.4. The van der Waals surface area contributed by atoms with Gasteiger partial charge in [-0.1, -0.05) is 53.0 Å². The number of hydrogen-bond donors (Lipinski definition) is 0. The monoisotopic (exact) mass is 318 g/mol. The van der Waals surface area contributed by atoms with Crippen molar-refractivity contribution in [2.45, 2.75) is 20.5 Å². The topological polar surface area (TPSA) is 9.23 Å². The third kappa shape index (κ3) is 5.45. The minimum absolute atomic E-state index is 0. The zero-order valence-electron chi connectivity index (χ0n) is 12.4. The Hall–Kier alpha value is -0.269. The number of halogens is 3. The van der Waals surface area contributed by atoms with Crippen LogP contribution in [0, 0.1) is 13.8 Å². The summed E-state index contributed by atoms with van der Waals surface area (Å²) in [4.78, 5) is 0. The predicted octanol–water partition coefficient (Wildman–Crippen LogP) is 0.941. The zero-order chi connectivity index (χ0) is 14.8. The fourth-order valence-corrected chi connectivity index (χ4v) is 2.02. The van der Waals surface area contributed by atoms with Crippen LogP contribution in [0.25, 0.3) is 0 Å². The van der Waals surface area contributed by atoms with E-state index in [4.69, 9.17) is 4.74 Å². The van der Waals surface area contributed by atoms with Crippen molar-refractivity contribution in [1.82, 2.24) is 0 Å². The largest absolute Gasteiger partial charge is 1.00 e. The van der Waals surface area contributed by atoms with E-state index in [1.165, 1.54) is 6.07 Å². The third-order valence-corrected chi connectivity index (χ3v) is 2.99. The summed E-state index contributed by atoms with van der Waals surface area (Å²) in [6.45, 7) is -1.38. The fraction of sp³-hybridized carbons (Fsp3) is 0.200. The maximum Gasteiger partial charge on any atom is 1.00 e. The second-order valence-corrected chi connectivity index (χ2v) is 4.89. The molecule has 0 spiro atoms. The van der Waals surface area contributed by atoms with Crippen LogP contribution in [0.2, 0.25) is 0 Å². The van der Waals surface area contributed by atoms with Crippen LogP contribution >= 0.6 is 0 Å². The second kappa shape index (κ2) is 7.83. The fourth-order valence-electron chi connectivity index (χ4n) is 2.02. The Kier molecular flexibility index (Phi) is 7.00. The van der Waals surface area contributed by atoms with E-state index in [0.717, 1.165) is 17.2 Å². The average Bonchev–Trinajstić information content (AvgIpc) is 2.36. The van der Waals surface area contributed by atoms with Gasteiger partial charge >= 0.3 is 58.4 Å². The molecule has 0 atom stereocenters. The van der Waals surface area contributed by atoms with Crippen molar-refractivity contribution in [1.29, 1.82) is 0 Å². The van der Waals surface area contributed by atoms with Gasteiger partial charge in [-0.15, -0.1) is 0 Å². The Morgan fingerprint density at radius 1 is 0.952 bits per heavy atom. The van der Waals surface area contributed by atoms with E-state index in [2.05, 4.69) is 0 Å². The number of hydrogen-bond acceptors (Lipinski definition) is 1. The molecule has 0 unspecified atom stereocenters. The van der Waals surface area contributed by atoms with E-state index >= 15 is 0 Å². The minimum atomic E-state index is -5.07. The number of benzene rings is 2. The summed E-state index contributed by atoms with van der Waals surface area (Å²) in [5, 5.41) is 0. The molecule has 0 saturated heterocycles.